The highest BCUT2D eigenvalue weighted by atomic mass is 16.3. The smallest absolute Gasteiger partial charge is 0.0632 e. The van der Waals surface area contributed by atoms with Gasteiger partial charge in [-0.3, -0.25) is 0 Å². The maximum absolute atomic E-state index is 9.92. The zero-order chi connectivity index (χ0) is 11.8. The van der Waals surface area contributed by atoms with Crippen molar-refractivity contribution >= 4 is 5.69 Å². The monoisotopic (exact) mass is 219 g/mol. The van der Waals surface area contributed by atoms with Crippen molar-refractivity contribution in [1.29, 1.82) is 0 Å². The summed E-state index contributed by atoms with van der Waals surface area (Å²) in [5, 5.41) is 9.92. The van der Waals surface area contributed by atoms with Gasteiger partial charge >= 0.3 is 0 Å². The minimum absolute atomic E-state index is 0.620. The van der Waals surface area contributed by atoms with Crippen molar-refractivity contribution in [2.45, 2.75) is 38.7 Å². The molecule has 1 heterocycles. The van der Waals surface area contributed by atoms with Crippen LogP contribution in [0.15, 0.2) is 18.2 Å². The van der Waals surface area contributed by atoms with Crippen LogP contribution in [0.1, 0.15) is 31.4 Å². The van der Waals surface area contributed by atoms with Gasteiger partial charge < -0.3 is 10.0 Å². The molecule has 0 unspecified atom stereocenters. The van der Waals surface area contributed by atoms with Crippen molar-refractivity contribution < 1.29 is 5.11 Å². The van der Waals surface area contributed by atoms with E-state index in [1.54, 1.807) is 0 Å². The maximum Gasteiger partial charge on any atom is 0.0632 e. The zero-order valence-corrected chi connectivity index (χ0v) is 10.5. The summed E-state index contributed by atoms with van der Waals surface area (Å²) in [5.41, 5.74) is 3.45. The first kappa shape index (κ1) is 11.5. The van der Waals surface area contributed by atoms with Gasteiger partial charge in [-0.2, -0.15) is 0 Å². The van der Waals surface area contributed by atoms with E-state index in [1.807, 2.05) is 13.8 Å². The molecule has 0 spiro atoms. The summed E-state index contributed by atoms with van der Waals surface area (Å²) in [4.78, 5) is 2.31. The molecule has 2 heteroatoms. The Balaban J connectivity index is 2.36. The van der Waals surface area contributed by atoms with Crippen molar-refractivity contribution in [1.82, 2.24) is 0 Å². The number of hydrogen-bond donors (Lipinski definition) is 1. The largest absolute Gasteiger partial charge is 0.390 e. The molecule has 16 heavy (non-hydrogen) atoms. The van der Waals surface area contributed by atoms with Crippen LogP contribution in [-0.2, 0) is 12.8 Å². The van der Waals surface area contributed by atoms with E-state index < -0.39 is 5.60 Å². The van der Waals surface area contributed by atoms with Gasteiger partial charge in [0.05, 0.1) is 5.60 Å². The fraction of sp³-hybridized carbons (Fsp3) is 0.571. The molecule has 1 aliphatic heterocycles. The van der Waals surface area contributed by atoms with Crippen molar-refractivity contribution in [3.63, 3.8) is 0 Å². The molecule has 0 radical (unpaired) electrons. The maximum atomic E-state index is 9.92. The van der Waals surface area contributed by atoms with E-state index in [9.17, 15) is 5.11 Å². The molecule has 0 atom stereocenters. The molecule has 0 amide bonds. The van der Waals surface area contributed by atoms with Gasteiger partial charge in [0.15, 0.2) is 0 Å². The second kappa shape index (κ2) is 4.10. The van der Waals surface area contributed by atoms with Gasteiger partial charge in [-0.25, -0.2) is 0 Å². The van der Waals surface area contributed by atoms with Crippen LogP contribution in [0.25, 0.3) is 0 Å². The average Bonchev–Trinajstić information content (AvgIpc) is 2.17. The Morgan fingerprint density at radius 2 is 2.12 bits per heavy atom. The predicted octanol–water partition coefficient (Wildman–Crippen LogP) is 2.38. The molecule has 0 fully saturated rings. The third-order valence-electron chi connectivity index (χ3n) is 3.20. The fourth-order valence-electron chi connectivity index (χ4n) is 2.51. The highest BCUT2D eigenvalue weighted by Crippen LogP contribution is 2.30. The summed E-state index contributed by atoms with van der Waals surface area (Å²) in [6.45, 7) is 4.89. The van der Waals surface area contributed by atoms with Crippen LogP contribution in [0.4, 0.5) is 5.69 Å². The van der Waals surface area contributed by atoms with E-state index >= 15 is 0 Å². The molecule has 0 aliphatic carbocycles. The highest BCUT2D eigenvalue weighted by Gasteiger charge is 2.20. The molecule has 0 saturated heterocycles. The van der Waals surface area contributed by atoms with Crippen LogP contribution < -0.4 is 4.90 Å². The minimum Gasteiger partial charge on any atom is -0.390 e. The molecule has 0 saturated carbocycles. The van der Waals surface area contributed by atoms with E-state index in [4.69, 9.17) is 0 Å². The Kier molecular flexibility index (Phi) is 2.94. The second-order valence-electron chi connectivity index (χ2n) is 5.43. The van der Waals surface area contributed by atoms with Gasteiger partial charge in [0.2, 0.25) is 0 Å². The van der Waals surface area contributed by atoms with Crippen molar-refractivity contribution in [3.8, 4) is 0 Å². The number of nitrogens with zero attached hydrogens (tertiary/aromatic N) is 1. The summed E-state index contributed by atoms with van der Waals surface area (Å²) in [7, 11) is 2.14. The normalized spacial score (nSPS) is 16.1. The van der Waals surface area contributed by atoms with Crippen molar-refractivity contribution in [2.24, 2.45) is 0 Å². The predicted molar refractivity (Wildman–Crippen MR) is 68.0 cm³/mol. The van der Waals surface area contributed by atoms with Crippen LogP contribution in [0, 0.1) is 0 Å². The number of fused-ring (bicyclic) bond motifs is 1. The Hall–Kier alpha value is -1.02. The topological polar surface area (TPSA) is 23.5 Å². The Labute approximate surface area is 97.9 Å². The van der Waals surface area contributed by atoms with E-state index in [-0.39, 0.29) is 0 Å². The van der Waals surface area contributed by atoms with Gasteiger partial charge in [0.25, 0.3) is 0 Å². The van der Waals surface area contributed by atoms with E-state index in [0.717, 1.165) is 19.4 Å². The first-order valence-electron chi connectivity index (χ1n) is 6.02. The molecular formula is C14H21NO. The van der Waals surface area contributed by atoms with Crippen LogP contribution in [0.5, 0.6) is 0 Å². The van der Waals surface area contributed by atoms with Crippen LogP contribution in [0.2, 0.25) is 0 Å². The Morgan fingerprint density at radius 1 is 1.38 bits per heavy atom. The molecule has 2 rings (SSSR count). The summed E-state index contributed by atoms with van der Waals surface area (Å²) in [5.74, 6) is 0. The average molecular weight is 219 g/mol. The summed E-state index contributed by atoms with van der Waals surface area (Å²) in [6.07, 6.45) is 3.10. The Morgan fingerprint density at radius 3 is 2.81 bits per heavy atom. The van der Waals surface area contributed by atoms with Gasteiger partial charge in [-0.15, -0.1) is 0 Å². The van der Waals surface area contributed by atoms with Crippen LogP contribution in [0.3, 0.4) is 0 Å². The third-order valence-corrected chi connectivity index (χ3v) is 3.20. The van der Waals surface area contributed by atoms with Crippen molar-refractivity contribution in [3.05, 3.63) is 29.3 Å². The number of anilines is 1. The summed E-state index contributed by atoms with van der Waals surface area (Å²) in [6, 6.07) is 6.43. The van der Waals surface area contributed by atoms with Gasteiger partial charge in [0.1, 0.15) is 0 Å². The molecule has 88 valence electrons. The molecule has 2 nitrogen and oxygen atoms in total. The number of rotatable bonds is 2. The lowest BCUT2D eigenvalue weighted by atomic mass is 9.90. The second-order valence-corrected chi connectivity index (χ2v) is 5.43. The minimum atomic E-state index is -0.620. The van der Waals surface area contributed by atoms with E-state index in [2.05, 4.69) is 30.1 Å². The lowest BCUT2D eigenvalue weighted by Gasteiger charge is -2.30. The highest BCUT2D eigenvalue weighted by molar-refractivity contribution is 5.58. The molecular weight excluding hydrogens is 198 g/mol. The quantitative estimate of drug-likeness (QED) is 0.825. The van der Waals surface area contributed by atoms with Crippen LogP contribution >= 0.6 is 0 Å². The van der Waals surface area contributed by atoms with Crippen LogP contribution in [-0.4, -0.2) is 24.3 Å². The molecule has 0 aromatic heterocycles. The fourth-order valence-corrected chi connectivity index (χ4v) is 2.51. The summed E-state index contributed by atoms with van der Waals surface area (Å²) < 4.78 is 0. The number of hydrogen-bond acceptors (Lipinski definition) is 2. The molecule has 1 aliphatic rings. The lowest BCUT2D eigenvalue weighted by molar-refractivity contribution is 0.0807. The lowest BCUT2D eigenvalue weighted by Crippen LogP contribution is -2.27. The zero-order valence-electron chi connectivity index (χ0n) is 10.5. The summed E-state index contributed by atoms with van der Waals surface area (Å²) >= 11 is 0. The molecule has 0 bridgehead atoms. The van der Waals surface area contributed by atoms with Gasteiger partial charge in [-0.1, -0.05) is 12.1 Å². The van der Waals surface area contributed by atoms with Gasteiger partial charge in [0, 0.05) is 25.7 Å². The standard InChI is InChI=1S/C14H21NO/c1-14(2,16)10-11-6-4-8-13-12(11)7-5-9-15(13)3/h4,6,8,16H,5,7,9-10H2,1-3H3. The number of aliphatic hydroxyl groups is 1. The van der Waals surface area contributed by atoms with Gasteiger partial charge in [-0.05, 0) is 43.9 Å². The first-order valence-corrected chi connectivity index (χ1v) is 6.02. The SMILES string of the molecule is CN1CCCc2c(CC(C)(C)O)cccc21. The Bertz CT molecular complexity index is 379. The third kappa shape index (κ3) is 2.38. The number of benzene rings is 1. The molecule has 1 N–H and O–H groups in total. The van der Waals surface area contributed by atoms with Crippen molar-refractivity contribution in [2.75, 3.05) is 18.5 Å². The molecule has 1 aromatic rings. The molecule has 1 aromatic carbocycles. The van der Waals surface area contributed by atoms with E-state index in [0.29, 0.717) is 0 Å². The first-order chi connectivity index (χ1) is 7.47. The van der Waals surface area contributed by atoms with E-state index in [1.165, 1.54) is 23.2 Å².